The van der Waals surface area contributed by atoms with Gasteiger partial charge in [-0.05, 0) is 60.1 Å². The quantitative estimate of drug-likeness (QED) is 0.0865. The Kier molecular flexibility index (Phi) is 10.5. The molecule has 6 aromatic rings. The highest BCUT2D eigenvalue weighted by atomic mass is 35.5. The first-order valence-electron chi connectivity index (χ1n) is 16.4. The lowest BCUT2D eigenvalue weighted by Crippen LogP contribution is -2.41. The zero-order valence-corrected chi connectivity index (χ0v) is 28.4. The van der Waals surface area contributed by atoms with Crippen molar-refractivity contribution in [3.8, 4) is 0 Å². The van der Waals surface area contributed by atoms with E-state index in [9.17, 15) is 19.2 Å². The van der Waals surface area contributed by atoms with Gasteiger partial charge in [-0.1, -0.05) is 72.8 Å². The average molecular weight is 733 g/mol. The molecule has 53 heavy (non-hydrogen) atoms. The number of nitrogens with zero attached hydrogens (tertiary/aromatic N) is 4. The van der Waals surface area contributed by atoms with Crippen molar-refractivity contribution in [2.24, 2.45) is 0 Å². The van der Waals surface area contributed by atoms with Gasteiger partial charge in [-0.25, -0.2) is 29.1 Å². The smallest absolute Gasteiger partial charge is 0.338 e. The summed E-state index contributed by atoms with van der Waals surface area (Å²) < 4.78 is 31.1. The predicted octanol–water partition coefficient (Wildman–Crippen LogP) is 6.04. The maximum atomic E-state index is 13.6. The van der Waals surface area contributed by atoms with Crippen molar-refractivity contribution in [3.63, 3.8) is 0 Å². The van der Waals surface area contributed by atoms with Crippen LogP contribution in [0.3, 0.4) is 0 Å². The molecular weight excluding hydrogens is 704 g/mol. The van der Waals surface area contributed by atoms with E-state index in [-0.39, 0.29) is 46.5 Å². The topological polar surface area (TPSA) is 158 Å². The summed E-state index contributed by atoms with van der Waals surface area (Å²) in [7, 11) is 0. The number of imidazole rings is 1. The second-order valence-electron chi connectivity index (χ2n) is 11.7. The number of hydrogen-bond donors (Lipinski definition) is 0. The highest BCUT2D eigenvalue weighted by Crippen LogP contribution is 2.37. The summed E-state index contributed by atoms with van der Waals surface area (Å²) in [5.74, 6) is -2.71. The first-order valence-corrected chi connectivity index (χ1v) is 16.7. The van der Waals surface area contributed by atoms with Crippen molar-refractivity contribution < 1.29 is 42.9 Å². The molecule has 1 fully saturated rings. The van der Waals surface area contributed by atoms with Gasteiger partial charge in [0.2, 0.25) is 5.28 Å². The van der Waals surface area contributed by atoms with Gasteiger partial charge in [-0.15, -0.1) is 0 Å². The maximum absolute atomic E-state index is 13.6. The van der Waals surface area contributed by atoms with Crippen molar-refractivity contribution in [1.29, 1.82) is 0 Å². The number of ether oxygens (including phenoxy) is 5. The first-order chi connectivity index (χ1) is 25.9. The van der Waals surface area contributed by atoms with Crippen LogP contribution in [0.4, 0.5) is 0 Å². The van der Waals surface area contributed by atoms with E-state index in [2.05, 4.69) is 15.0 Å². The van der Waals surface area contributed by atoms with Crippen molar-refractivity contribution >= 4 is 46.6 Å². The molecule has 1 aliphatic rings. The molecule has 4 atom stereocenters. The summed E-state index contributed by atoms with van der Waals surface area (Å²) >= 11 is 6.37. The molecule has 13 nitrogen and oxygen atoms in total. The number of halogens is 1. The van der Waals surface area contributed by atoms with Gasteiger partial charge in [0.05, 0.1) is 28.6 Å². The molecule has 7 rings (SSSR count). The van der Waals surface area contributed by atoms with E-state index in [4.69, 9.17) is 35.3 Å². The fourth-order valence-electron chi connectivity index (χ4n) is 5.71. The van der Waals surface area contributed by atoms with Gasteiger partial charge in [0, 0.05) is 0 Å². The van der Waals surface area contributed by atoms with Crippen LogP contribution in [0.15, 0.2) is 128 Å². The van der Waals surface area contributed by atoms with E-state index in [0.717, 1.165) is 0 Å². The van der Waals surface area contributed by atoms with E-state index in [1.807, 2.05) is 0 Å². The summed E-state index contributed by atoms with van der Waals surface area (Å²) in [6, 6.07) is 33.2. The van der Waals surface area contributed by atoms with E-state index in [0.29, 0.717) is 11.1 Å². The largest absolute Gasteiger partial charge is 0.459 e. The Hall–Kier alpha value is -6.44. The molecular formula is C39H29ClN4O9. The fourth-order valence-corrected chi connectivity index (χ4v) is 5.89. The zero-order valence-electron chi connectivity index (χ0n) is 27.7. The molecule has 0 amide bonds. The van der Waals surface area contributed by atoms with Crippen LogP contribution in [-0.4, -0.2) is 68.3 Å². The molecule has 4 aromatic carbocycles. The third-order valence-electron chi connectivity index (χ3n) is 8.27. The third-order valence-corrected chi connectivity index (χ3v) is 8.44. The summed E-state index contributed by atoms with van der Waals surface area (Å²) in [5.41, 5.74) is 1.62. The molecule has 1 saturated heterocycles. The minimum absolute atomic E-state index is 0.136. The van der Waals surface area contributed by atoms with Gasteiger partial charge in [0.1, 0.15) is 30.5 Å². The lowest BCUT2D eigenvalue weighted by molar-refractivity contribution is -0.0606. The molecule has 14 heteroatoms. The van der Waals surface area contributed by atoms with Crippen LogP contribution < -0.4 is 0 Å². The lowest BCUT2D eigenvalue weighted by Gasteiger charge is -2.25. The Morgan fingerprint density at radius 1 is 0.623 bits per heavy atom. The number of carbonyl (C=O) groups excluding carboxylic acids is 4. The molecule has 0 unspecified atom stereocenters. The van der Waals surface area contributed by atoms with Crippen molar-refractivity contribution in [3.05, 3.63) is 161 Å². The summed E-state index contributed by atoms with van der Waals surface area (Å²) in [6.45, 7) is -0.684. The summed E-state index contributed by atoms with van der Waals surface area (Å²) in [5, 5.41) is -0.193. The lowest BCUT2D eigenvalue weighted by atomic mass is 10.1. The van der Waals surface area contributed by atoms with Crippen LogP contribution in [0, 0.1) is 0 Å². The number of hydrogen-bond acceptors (Lipinski definition) is 12. The van der Waals surface area contributed by atoms with E-state index in [1.54, 1.807) is 121 Å². The van der Waals surface area contributed by atoms with E-state index in [1.165, 1.54) is 10.9 Å². The van der Waals surface area contributed by atoms with Crippen LogP contribution in [0.2, 0.25) is 5.28 Å². The molecule has 0 radical (unpaired) electrons. The molecule has 0 saturated carbocycles. The summed E-state index contributed by atoms with van der Waals surface area (Å²) in [6.07, 6.45) is -3.66. The SMILES string of the molecule is O=C(OCc1nc(Cl)nc2c1ncn2[C@@H]1O[C@H](COC(=O)c2ccccc2)[C@@H](OC(=O)c2ccccc2)[C@H]1OC(=O)c1ccccc1)c1ccccc1. The minimum Gasteiger partial charge on any atom is -0.459 e. The zero-order chi connectivity index (χ0) is 36.7. The van der Waals surface area contributed by atoms with Crippen LogP contribution in [0.1, 0.15) is 53.4 Å². The second-order valence-corrected chi connectivity index (χ2v) is 12.0. The van der Waals surface area contributed by atoms with Gasteiger partial charge in [-0.2, -0.15) is 4.98 Å². The molecule has 3 heterocycles. The van der Waals surface area contributed by atoms with Gasteiger partial charge in [-0.3, -0.25) is 4.57 Å². The van der Waals surface area contributed by atoms with Crippen LogP contribution >= 0.6 is 11.6 Å². The number of fused-ring (bicyclic) bond motifs is 1. The maximum Gasteiger partial charge on any atom is 0.338 e. The Morgan fingerprint density at radius 2 is 1.09 bits per heavy atom. The molecule has 266 valence electrons. The van der Waals surface area contributed by atoms with Crippen LogP contribution in [0.25, 0.3) is 11.2 Å². The number of aromatic nitrogens is 4. The predicted molar refractivity (Wildman–Crippen MR) is 188 cm³/mol. The number of carbonyl (C=O) groups is 4. The van der Waals surface area contributed by atoms with E-state index >= 15 is 0 Å². The first kappa shape index (κ1) is 35.0. The normalized spacial score (nSPS) is 17.9. The average Bonchev–Trinajstić information content (AvgIpc) is 3.77. The van der Waals surface area contributed by atoms with Gasteiger partial charge < -0.3 is 23.7 Å². The van der Waals surface area contributed by atoms with Crippen molar-refractivity contribution in [2.45, 2.75) is 31.1 Å². The molecule has 0 bridgehead atoms. The van der Waals surface area contributed by atoms with E-state index < -0.39 is 48.4 Å². The Balaban J connectivity index is 1.24. The number of benzene rings is 4. The fraction of sp³-hybridized carbons (Fsp3) is 0.154. The van der Waals surface area contributed by atoms with Gasteiger partial charge in [0.25, 0.3) is 0 Å². The minimum atomic E-state index is -1.33. The third kappa shape index (κ3) is 7.91. The van der Waals surface area contributed by atoms with Crippen LogP contribution in [0.5, 0.6) is 0 Å². The number of esters is 4. The standard InChI is InChI=1S/C39H29ClN4O9/c40-39-42-28(21-49-35(45)24-13-5-1-6-14-24)30-33(43-39)44(23-41-30)34-32(53-38(48)27-19-11-4-12-20-27)31(52-37(47)26-17-9-3-10-18-26)29(51-34)22-50-36(46)25-15-7-2-8-16-25/h1-20,23,29,31-32,34H,21-22H2/t29-,31-,32-,34-/m1/s1. The molecule has 0 aliphatic carbocycles. The number of rotatable bonds is 11. The second kappa shape index (κ2) is 15.8. The Labute approximate surface area is 307 Å². The molecule has 1 aliphatic heterocycles. The molecule has 0 N–H and O–H groups in total. The summed E-state index contributed by atoms with van der Waals surface area (Å²) in [4.78, 5) is 65.9. The Bertz CT molecular complexity index is 2240. The molecule has 0 spiro atoms. The molecule has 2 aromatic heterocycles. The van der Waals surface area contributed by atoms with Gasteiger partial charge >= 0.3 is 23.9 Å². The highest BCUT2D eigenvalue weighted by Gasteiger charge is 2.52. The van der Waals surface area contributed by atoms with Crippen molar-refractivity contribution in [2.75, 3.05) is 6.61 Å². The van der Waals surface area contributed by atoms with Gasteiger partial charge in [0.15, 0.2) is 24.1 Å². The monoisotopic (exact) mass is 732 g/mol. The van der Waals surface area contributed by atoms with Crippen molar-refractivity contribution in [1.82, 2.24) is 19.5 Å². The highest BCUT2D eigenvalue weighted by molar-refractivity contribution is 6.28. The van der Waals surface area contributed by atoms with Crippen LogP contribution in [-0.2, 0) is 30.3 Å². The Morgan fingerprint density at radius 3 is 1.62 bits per heavy atom.